The van der Waals surface area contributed by atoms with Gasteiger partial charge in [0.05, 0.1) is 17.9 Å². The molecule has 0 aromatic carbocycles. The zero-order valence-electron chi connectivity index (χ0n) is 8.66. The Balaban J connectivity index is 2.16. The van der Waals surface area contributed by atoms with Crippen LogP contribution >= 0.6 is 0 Å². The van der Waals surface area contributed by atoms with Crippen LogP contribution in [-0.4, -0.2) is 34.7 Å². The summed E-state index contributed by atoms with van der Waals surface area (Å²) in [7, 11) is 0. The molecule has 0 radical (unpaired) electrons. The maximum absolute atomic E-state index is 5.82. The third-order valence-corrected chi connectivity index (χ3v) is 3.01. The van der Waals surface area contributed by atoms with Crippen LogP contribution in [-0.2, 0) is 0 Å². The fraction of sp³-hybridized carbons (Fsp3) is 0.700. The summed E-state index contributed by atoms with van der Waals surface area (Å²) in [6.07, 6.45) is 4.46. The van der Waals surface area contributed by atoms with Crippen LogP contribution in [0.5, 0.6) is 0 Å². The van der Waals surface area contributed by atoms with Gasteiger partial charge in [0.2, 0.25) is 0 Å². The summed E-state index contributed by atoms with van der Waals surface area (Å²) in [5.41, 5.74) is 8.23. The topological polar surface area (TPSA) is 57.9 Å². The van der Waals surface area contributed by atoms with Gasteiger partial charge in [-0.2, -0.15) is 5.10 Å². The fourth-order valence-electron chi connectivity index (χ4n) is 2.20. The number of nitrogens with zero attached hydrogens (tertiary/aromatic N) is 2. The summed E-state index contributed by atoms with van der Waals surface area (Å²) >= 11 is 0. The third-order valence-electron chi connectivity index (χ3n) is 3.01. The van der Waals surface area contributed by atoms with Gasteiger partial charge in [-0.1, -0.05) is 0 Å². The maximum atomic E-state index is 5.82. The number of aromatic amines is 1. The molecule has 1 unspecified atom stereocenters. The molecule has 1 aliphatic heterocycles. The van der Waals surface area contributed by atoms with Crippen LogP contribution in [0.25, 0.3) is 0 Å². The number of rotatable bonds is 3. The lowest BCUT2D eigenvalue weighted by Gasteiger charge is -2.25. The van der Waals surface area contributed by atoms with E-state index in [9.17, 15) is 0 Å². The minimum atomic E-state index is 0.333. The van der Waals surface area contributed by atoms with Crippen LogP contribution in [0.15, 0.2) is 6.20 Å². The third kappa shape index (κ3) is 1.67. The first kappa shape index (κ1) is 9.68. The summed E-state index contributed by atoms with van der Waals surface area (Å²) in [5, 5.41) is 7.12. The minimum absolute atomic E-state index is 0.333. The highest BCUT2D eigenvalue weighted by Gasteiger charge is 2.24. The quantitative estimate of drug-likeness (QED) is 0.748. The smallest absolute Gasteiger partial charge is 0.0641 e. The molecule has 1 atom stereocenters. The summed E-state index contributed by atoms with van der Waals surface area (Å²) in [6.45, 7) is 5.08. The summed E-state index contributed by atoms with van der Waals surface area (Å²) in [5.74, 6) is 0. The van der Waals surface area contributed by atoms with Crippen molar-refractivity contribution in [3.8, 4) is 0 Å². The monoisotopic (exact) mass is 194 g/mol. The number of hydrogen-bond acceptors (Lipinski definition) is 3. The van der Waals surface area contributed by atoms with Crippen LogP contribution in [0.4, 0.5) is 0 Å². The molecule has 1 aliphatic rings. The largest absolute Gasteiger partial charge is 0.329 e. The molecule has 4 heteroatoms. The Morgan fingerprint density at radius 2 is 2.29 bits per heavy atom. The highest BCUT2D eigenvalue weighted by molar-refractivity contribution is 5.18. The van der Waals surface area contributed by atoms with E-state index in [1.165, 1.54) is 37.2 Å². The van der Waals surface area contributed by atoms with Gasteiger partial charge in [0.15, 0.2) is 0 Å². The molecule has 0 amide bonds. The first-order valence-electron chi connectivity index (χ1n) is 5.27. The van der Waals surface area contributed by atoms with Crippen LogP contribution < -0.4 is 5.73 Å². The molecule has 1 aromatic heterocycles. The van der Waals surface area contributed by atoms with Crippen molar-refractivity contribution in [3.05, 3.63) is 17.5 Å². The minimum Gasteiger partial charge on any atom is -0.329 e. The highest BCUT2D eigenvalue weighted by Crippen LogP contribution is 2.24. The average Bonchev–Trinajstić information content (AvgIpc) is 2.80. The van der Waals surface area contributed by atoms with E-state index < -0.39 is 0 Å². The van der Waals surface area contributed by atoms with E-state index in [-0.39, 0.29) is 0 Å². The van der Waals surface area contributed by atoms with E-state index >= 15 is 0 Å². The molecule has 1 saturated heterocycles. The summed E-state index contributed by atoms with van der Waals surface area (Å²) in [6, 6.07) is 0.333. The number of aromatic nitrogens is 2. The molecule has 0 bridgehead atoms. The van der Waals surface area contributed by atoms with Crippen molar-refractivity contribution in [2.24, 2.45) is 5.73 Å². The van der Waals surface area contributed by atoms with Crippen molar-refractivity contribution in [1.29, 1.82) is 0 Å². The molecule has 78 valence electrons. The van der Waals surface area contributed by atoms with Crippen molar-refractivity contribution < 1.29 is 0 Å². The van der Waals surface area contributed by atoms with E-state index in [0.717, 1.165) is 0 Å². The molecular weight excluding hydrogens is 176 g/mol. The van der Waals surface area contributed by atoms with Crippen molar-refractivity contribution in [2.45, 2.75) is 25.8 Å². The molecule has 0 saturated carbocycles. The lowest BCUT2D eigenvalue weighted by Crippen LogP contribution is -2.32. The number of likely N-dealkylation sites (tertiary alicyclic amines) is 1. The van der Waals surface area contributed by atoms with Crippen LogP contribution in [0.1, 0.15) is 30.1 Å². The molecule has 3 N–H and O–H groups in total. The zero-order valence-corrected chi connectivity index (χ0v) is 8.66. The Labute approximate surface area is 84.5 Å². The SMILES string of the molecule is Cc1cn[nH]c1C(CN)N1CCCC1. The standard InChI is InChI=1S/C10H18N4/c1-8-7-12-13-10(8)9(6-11)14-4-2-3-5-14/h7,9H,2-6,11H2,1H3,(H,12,13). The molecule has 0 aliphatic carbocycles. The van der Waals surface area contributed by atoms with Gasteiger partial charge in [-0.3, -0.25) is 10.00 Å². The number of hydrogen-bond donors (Lipinski definition) is 2. The Morgan fingerprint density at radius 3 is 2.79 bits per heavy atom. The maximum Gasteiger partial charge on any atom is 0.0641 e. The van der Waals surface area contributed by atoms with E-state index in [2.05, 4.69) is 22.0 Å². The van der Waals surface area contributed by atoms with Gasteiger partial charge >= 0.3 is 0 Å². The average molecular weight is 194 g/mol. The molecule has 2 heterocycles. The second kappa shape index (κ2) is 4.11. The van der Waals surface area contributed by atoms with Gasteiger partial charge in [0, 0.05) is 6.54 Å². The van der Waals surface area contributed by atoms with Gasteiger partial charge in [-0.25, -0.2) is 0 Å². The predicted octanol–water partition coefficient (Wildman–Crippen LogP) is 0.814. The second-order valence-electron chi connectivity index (χ2n) is 3.96. The van der Waals surface area contributed by atoms with Gasteiger partial charge in [-0.15, -0.1) is 0 Å². The summed E-state index contributed by atoms with van der Waals surface area (Å²) < 4.78 is 0. The lowest BCUT2D eigenvalue weighted by atomic mass is 10.1. The van der Waals surface area contributed by atoms with Gasteiger partial charge in [-0.05, 0) is 38.4 Å². The fourth-order valence-corrected chi connectivity index (χ4v) is 2.20. The highest BCUT2D eigenvalue weighted by atomic mass is 15.2. The van der Waals surface area contributed by atoms with E-state index in [1.54, 1.807) is 0 Å². The van der Waals surface area contributed by atoms with E-state index in [4.69, 9.17) is 5.73 Å². The molecular formula is C10H18N4. The Morgan fingerprint density at radius 1 is 1.57 bits per heavy atom. The van der Waals surface area contributed by atoms with Crippen LogP contribution in [0.3, 0.4) is 0 Å². The Hall–Kier alpha value is -0.870. The summed E-state index contributed by atoms with van der Waals surface area (Å²) in [4.78, 5) is 2.44. The van der Waals surface area contributed by atoms with E-state index in [1.807, 2.05) is 6.20 Å². The number of nitrogens with one attached hydrogen (secondary N) is 1. The number of H-pyrrole nitrogens is 1. The normalized spacial score (nSPS) is 20.1. The molecule has 1 fully saturated rings. The van der Waals surface area contributed by atoms with Crippen molar-refractivity contribution >= 4 is 0 Å². The van der Waals surface area contributed by atoms with Crippen LogP contribution in [0.2, 0.25) is 0 Å². The predicted molar refractivity (Wildman–Crippen MR) is 55.9 cm³/mol. The first-order valence-corrected chi connectivity index (χ1v) is 5.27. The van der Waals surface area contributed by atoms with Crippen molar-refractivity contribution in [3.63, 3.8) is 0 Å². The molecule has 4 nitrogen and oxygen atoms in total. The zero-order chi connectivity index (χ0) is 9.97. The molecule has 2 rings (SSSR count). The van der Waals surface area contributed by atoms with Gasteiger partial charge < -0.3 is 5.73 Å². The van der Waals surface area contributed by atoms with Crippen LogP contribution in [0, 0.1) is 6.92 Å². The van der Waals surface area contributed by atoms with Gasteiger partial charge in [0.1, 0.15) is 0 Å². The van der Waals surface area contributed by atoms with E-state index in [0.29, 0.717) is 12.6 Å². The number of nitrogens with two attached hydrogens (primary N) is 1. The molecule has 0 spiro atoms. The first-order chi connectivity index (χ1) is 6.83. The lowest BCUT2D eigenvalue weighted by molar-refractivity contribution is 0.246. The van der Waals surface area contributed by atoms with Crippen molar-refractivity contribution in [2.75, 3.05) is 19.6 Å². The Bertz CT molecular complexity index is 288. The van der Waals surface area contributed by atoms with Gasteiger partial charge in [0.25, 0.3) is 0 Å². The Kier molecular flexibility index (Phi) is 2.84. The molecule has 14 heavy (non-hydrogen) atoms. The number of aryl methyl sites for hydroxylation is 1. The second-order valence-corrected chi connectivity index (χ2v) is 3.96. The van der Waals surface area contributed by atoms with Crippen molar-refractivity contribution in [1.82, 2.24) is 15.1 Å². The molecule has 1 aromatic rings.